The highest BCUT2D eigenvalue weighted by Gasteiger charge is 2.30. The Labute approximate surface area is 287 Å². The summed E-state index contributed by atoms with van der Waals surface area (Å²) in [6.45, 7) is 10.4. The second kappa shape index (κ2) is 16.4. The fourth-order valence-corrected chi connectivity index (χ4v) is 6.48. The molecule has 0 aliphatic carbocycles. The highest BCUT2D eigenvalue weighted by molar-refractivity contribution is 5.91. The van der Waals surface area contributed by atoms with Gasteiger partial charge in [-0.25, -0.2) is 14.2 Å². The zero-order valence-electron chi connectivity index (χ0n) is 28.8. The number of carbonyl (C=O) groups is 3. The van der Waals surface area contributed by atoms with Crippen LogP contribution in [0.4, 0.5) is 14.9 Å². The molecule has 1 aromatic heterocycles. The first-order valence-corrected chi connectivity index (χ1v) is 17.1. The summed E-state index contributed by atoms with van der Waals surface area (Å²) in [6.07, 6.45) is 6.44. The SMILES string of the molecule is C/C(=C\c1cc(F)cc(N2CCN(C(=O)c3cnco3)CC2)c1)[C@H]1OC(=O)C[C@H](O)CC[C@H](C)[C@@H](OC(=O)N2CCN(C)CC2)/C=C/[C@@H]1C. The van der Waals surface area contributed by atoms with Crippen molar-refractivity contribution < 1.29 is 37.8 Å². The van der Waals surface area contributed by atoms with Gasteiger partial charge >= 0.3 is 12.1 Å². The van der Waals surface area contributed by atoms with Crippen LogP contribution in [-0.4, -0.2) is 120 Å². The van der Waals surface area contributed by atoms with Crippen molar-refractivity contribution in [3.8, 4) is 0 Å². The van der Waals surface area contributed by atoms with Crippen LogP contribution in [0.15, 0.2) is 52.9 Å². The van der Waals surface area contributed by atoms with Gasteiger partial charge in [0.25, 0.3) is 5.91 Å². The molecular weight excluding hydrogens is 633 g/mol. The maximum absolute atomic E-state index is 15.0. The summed E-state index contributed by atoms with van der Waals surface area (Å²) >= 11 is 0. The Morgan fingerprint density at radius 2 is 1.71 bits per heavy atom. The second-order valence-corrected chi connectivity index (χ2v) is 13.5. The van der Waals surface area contributed by atoms with E-state index in [1.165, 1.54) is 24.7 Å². The number of carbonyl (C=O) groups excluding carboxylic acids is 3. The lowest BCUT2D eigenvalue weighted by atomic mass is 9.91. The van der Waals surface area contributed by atoms with Crippen molar-refractivity contribution in [1.82, 2.24) is 19.7 Å². The lowest BCUT2D eigenvalue weighted by molar-refractivity contribution is -0.151. The zero-order valence-corrected chi connectivity index (χ0v) is 28.8. The molecule has 12 nitrogen and oxygen atoms in total. The average molecular weight is 682 g/mol. The highest BCUT2D eigenvalue weighted by Crippen LogP contribution is 2.28. The van der Waals surface area contributed by atoms with Gasteiger partial charge in [-0.3, -0.25) is 9.59 Å². The topological polar surface area (TPSA) is 129 Å². The summed E-state index contributed by atoms with van der Waals surface area (Å²) in [5, 5.41) is 10.7. The minimum Gasteiger partial charge on any atom is -0.457 e. The van der Waals surface area contributed by atoms with Crippen LogP contribution in [0.1, 0.15) is 56.2 Å². The van der Waals surface area contributed by atoms with Crippen LogP contribution in [0.3, 0.4) is 0 Å². The highest BCUT2D eigenvalue weighted by atomic mass is 19.1. The molecule has 1 N–H and O–H groups in total. The number of nitrogens with zero attached hydrogens (tertiary/aromatic N) is 5. The van der Waals surface area contributed by atoms with Crippen LogP contribution in [0, 0.1) is 17.7 Å². The molecule has 5 atom stereocenters. The molecule has 0 spiro atoms. The first-order chi connectivity index (χ1) is 23.5. The molecule has 0 saturated carbocycles. The molecule has 2 saturated heterocycles. The Kier molecular flexibility index (Phi) is 12.1. The van der Waals surface area contributed by atoms with Crippen molar-refractivity contribution in [2.45, 2.75) is 58.3 Å². The van der Waals surface area contributed by atoms with Gasteiger partial charge in [-0.2, -0.15) is 0 Å². The van der Waals surface area contributed by atoms with Crippen molar-refractivity contribution in [3.05, 3.63) is 65.7 Å². The van der Waals surface area contributed by atoms with Gasteiger partial charge in [-0.1, -0.05) is 26.0 Å². The molecule has 2 amide bonds. The third-order valence-corrected chi connectivity index (χ3v) is 9.58. The third-order valence-electron chi connectivity index (χ3n) is 9.58. The van der Waals surface area contributed by atoms with Gasteiger partial charge < -0.3 is 38.6 Å². The molecule has 0 unspecified atom stereocenters. The minimum atomic E-state index is -0.898. The Morgan fingerprint density at radius 1 is 1.00 bits per heavy atom. The van der Waals surface area contributed by atoms with Crippen LogP contribution in [0.5, 0.6) is 0 Å². The lowest BCUT2D eigenvalue weighted by Gasteiger charge is -2.35. The van der Waals surface area contributed by atoms with Crippen molar-refractivity contribution in [1.29, 1.82) is 0 Å². The number of hydrogen-bond acceptors (Lipinski definition) is 10. The number of hydrogen-bond donors (Lipinski definition) is 1. The first-order valence-electron chi connectivity index (χ1n) is 17.1. The summed E-state index contributed by atoms with van der Waals surface area (Å²) in [6, 6.07) is 4.76. The number of ether oxygens (including phenoxy) is 2. The van der Waals surface area contributed by atoms with Crippen LogP contribution in [0.2, 0.25) is 0 Å². The van der Waals surface area contributed by atoms with E-state index in [0.717, 1.165) is 13.1 Å². The van der Waals surface area contributed by atoms with Gasteiger partial charge in [-0.15, -0.1) is 0 Å². The van der Waals surface area contributed by atoms with E-state index in [1.807, 2.05) is 50.9 Å². The van der Waals surface area contributed by atoms with Crippen LogP contribution >= 0.6 is 0 Å². The summed E-state index contributed by atoms with van der Waals surface area (Å²) in [4.78, 5) is 50.1. The maximum atomic E-state index is 15.0. The number of anilines is 1. The number of benzene rings is 1. The van der Waals surface area contributed by atoms with Gasteiger partial charge in [-0.05, 0) is 68.1 Å². The van der Waals surface area contributed by atoms with Gasteiger partial charge in [0.2, 0.25) is 5.76 Å². The molecule has 0 bridgehead atoms. The number of halogens is 1. The van der Waals surface area contributed by atoms with E-state index in [0.29, 0.717) is 68.9 Å². The van der Waals surface area contributed by atoms with E-state index in [-0.39, 0.29) is 36.0 Å². The van der Waals surface area contributed by atoms with Gasteiger partial charge in [0.15, 0.2) is 6.39 Å². The molecule has 3 aliphatic rings. The van der Waals surface area contributed by atoms with E-state index in [9.17, 15) is 23.9 Å². The number of piperazine rings is 2. The third kappa shape index (κ3) is 9.69. The van der Waals surface area contributed by atoms with Gasteiger partial charge in [0.1, 0.15) is 18.0 Å². The summed E-state index contributed by atoms with van der Waals surface area (Å²) in [5.41, 5.74) is 1.96. The molecule has 0 radical (unpaired) electrons. The smallest absolute Gasteiger partial charge is 0.410 e. The Balaban J connectivity index is 1.31. The predicted octanol–water partition coefficient (Wildman–Crippen LogP) is 4.22. The van der Waals surface area contributed by atoms with Crippen LogP contribution in [-0.2, 0) is 14.3 Å². The van der Waals surface area contributed by atoms with Crippen molar-refractivity contribution >= 4 is 29.7 Å². The molecule has 266 valence electrons. The number of likely N-dealkylation sites (N-methyl/N-ethyl adjacent to an activating group) is 1. The summed E-state index contributed by atoms with van der Waals surface area (Å²) < 4.78 is 32.1. The number of cyclic esters (lactones) is 1. The fourth-order valence-electron chi connectivity index (χ4n) is 6.48. The average Bonchev–Trinajstić information content (AvgIpc) is 3.62. The van der Waals surface area contributed by atoms with E-state index in [1.54, 1.807) is 15.9 Å². The lowest BCUT2D eigenvalue weighted by Crippen LogP contribution is -2.48. The van der Waals surface area contributed by atoms with E-state index >= 15 is 0 Å². The number of amides is 2. The Hall–Kier alpha value is -4.23. The van der Waals surface area contributed by atoms with Crippen molar-refractivity contribution in [3.63, 3.8) is 0 Å². The van der Waals surface area contributed by atoms with E-state index in [4.69, 9.17) is 13.9 Å². The monoisotopic (exact) mass is 681 g/mol. The number of aromatic nitrogens is 1. The molecule has 5 rings (SSSR count). The number of rotatable bonds is 5. The molecule has 2 fully saturated rings. The van der Waals surface area contributed by atoms with Crippen LogP contribution in [0.25, 0.3) is 6.08 Å². The number of aliphatic hydroxyl groups is 1. The normalized spacial score (nSPS) is 27.1. The standard InChI is InChI=1S/C36H48FN5O7/c1-24-5-7-30(43)21-33(44)49-34(25(2)6-8-31(24)48-36(46)42-11-9-39(4)10-12-42)26(3)17-27-18-28(37)20-29(19-27)40-13-15-41(16-14-40)35(45)32-22-38-23-47-32/h6,8,17-20,22-25,30-31,34,43H,5,7,9-16,21H2,1-4H3/b8-6+,26-17+/t24-,25-,30+,31-,34-/m0/s1. The number of oxazole rings is 1. The van der Waals surface area contributed by atoms with E-state index in [2.05, 4.69) is 9.88 Å². The molecular formula is C36H48FN5O7. The molecule has 4 heterocycles. The molecule has 49 heavy (non-hydrogen) atoms. The summed E-state index contributed by atoms with van der Waals surface area (Å²) in [5.74, 6) is -1.39. The molecule has 1 aromatic carbocycles. The Morgan fingerprint density at radius 3 is 2.41 bits per heavy atom. The molecule has 3 aliphatic heterocycles. The quantitative estimate of drug-likeness (QED) is 0.362. The second-order valence-electron chi connectivity index (χ2n) is 13.5. The summed E-state index contributed by atoms with van der Waals surface area (Å²) in [7, 11) is 2.02. The van der Waals surface area contributed by atoms with Gasteiger partial charge in [0.05, 0.1) is 18.7 Å². The minimum absolute atomic E-state index is 0.0899. The number of esters is 1. The molecule has 13 heteroatoms. The van der Waals surface area contributed by atoms with Crippen molar-refractivity contribution in [2.75, 3.05) is 64.3 Å². The predicted molar refractivity (Wildman–Crippen MR) is 181 cm³/mol. The van der Waals surface area contributed by atoms with Crippen LogP contribution < -0.4 is 4.90 Å². The Bertz CT molecular complexity index is 1500. The first kappa shape index (κ1) is 36.1. The fraction of sp³-hybridized carbons (Fsp3) is 0.556. The maximum Gasteiger partial charge on any atom is 0.410 e. The van der Waals surface area contributed by atoms with E-state index < -0.39 is 30.1 Å². The number of aliphatic hydroxyl groups excluding tert-OH is 1. The van der Waals surface area contributed by atoms with Gasteiger partial charge in [0, 0.05) is 64.0 Å². The zero-order chi connectivity index (χ0) is 35.1. The molecule has 2 aromatic rings. The van der Waals surface area contributed by atoms with Crippen molar-refractivity contribution in [2.24, 2.45) is 11.8 Å². The largest absolute Gasteiger partial charge is 0.457 e.